The molecule has 3 aromatic rings. The molecule has 0 spiro atoms. The molecule has 0 aromatic heterocycles. The van der Waals surface area contributed by atoms with E-state index in [1.807, 2.05) is 0 Å². The van der Waals surface area contributed by atoms with Crippen LogP contribution < -0.4 is 22.1 Å². The monoisotopic (exact) mass is 876 g/mol. The first kappa shape index (κ1) is 53.3. The average molecular weight is 877 g/mol. The van der Waals surface area contributed by atoms with Crippen molar-refractivity contribution < 1.29 is 63.7 Å². The van der Waals surface area contributed by atoms with E-state index in [0.29, 0.717) is 12.1 Å². The Morgan fingerprint density at radius 1 is 0.542 bits per heavy atom. The van der Waals surface area contributed by atoms with Crippen LogP contribution in [0.4, 0.5) is 73.6 Å². The van der Waals surface area contributed by atoms with E-state index in [1.54, 1.807) is 62.3 Å². The van der Waals surface area contributed by atoms with Crippen molar-refractivity contribution in [3.63, 3.8) is 0 Å². The molecule has 0 unspecified atom stereocenters. The van der Waals surface area contributed by atoms with E-state index in [4.69, 9.17) is 23.1 Å². The predicted molar refractivity (Wildman–Crippen MR) is 203 cm³/mol. The summed E-state index contributed by atoms with van der Waals surface area (Å²) in [6.45, 7) is 15.1. The molecule has 0 aliphatic heterocycles. The summed E-state index contributed by atoms with van der Waals surface area (Å²) in [6, 6.07) is 7.97. The van der Waals surface area contributed by atoms with Gasteiger partial charge in [-0.05, 0) is 54.1 Å². The Bertz CT molecular complexity index is 2000. The number of rotatable bonds is 4. The number of carbonyl (C=O) groups is 3. The number of anilines is 4. The molecule has 0 aliphatic carbocycles. The Morgan fingerprint density at radius 3 is 1.15 bits per heavy atom. The Morgan fingerprint density at radius 2 is 0.847 bits per heavy atom. The normalized spacial score (nSPS) is 11.9. The second-order valence-electron chi connectivity index (χ2n) is 15.2. The van der Waals surface area contributed by atoms with E-state index >= 15 is 0 Å². The lowest BCUT2D eigenvalue weighted by Gasteiger charge is -2.18. The Labute approximate surface area is 336 Å². The van der Waals surface area contributed by atoms with Gasteiger partial charge in [0.1, 0.15) is 11.1 Å². The molecule has 23 heteroatoms. The zero-order valence-electron chi connectivity index (χ0n) is 32.9. The minimum absolute atomic E-state index is 0.0800. The van der Waals surface area contributed by atoms with Gasteiger partial charge in [-0.2, -0.15) is 39.5 Å². The maximum Gasteiger partial charge on any atom is 0.423 e. The van der Waals surface area contributed by atoms with Crippen molar-refractivity contribution in [3.05, 3.63) is 91.5 Å². The van der Waals surface area contributed by atoms with Crippen LogP contribution in [0.25, 0.3) is 0 Å². The summed E-state index contributed by atoms with van der Waals surface area (Å²) in [5.41, 5.74) is 2.21. The Kier molecular flexibility index (Phi) is 17.9. The molecule has 3 aromatic carbocycles. The summed E-state index contributed by atoms with van der Waals surface area (Å²) in [5, 5.41) is 25.3. The van der Waals surface area contributed by atoms with Gasteiger partial charge in [0.25, 0.3) is 11.4 Å². The number of nitro benzene ring substituents is 2. The molecule has 0 saturated carbocycles. The van der Waals surface area contributed by atoms with Gasteiger partial charge in [-0.3, -0.25) is 34.6 Å². The molecule has 3 rings (SSSR count). The van der Waals surface area contributed by atoms with Gasteiger partial charge in [0.15, 0.2) is 0 Å². The van der Waals surface area contributed by atoms with Crippen LogP contribution >= 0.6 is 11.6 Å². The molecule has 0 saturated heterocycles. The third kappa shape index (κ3) is 18.2. The number of nitrogen functional groups attached to an aromatic ring is 2. The van der Waals surface area contributed by atoms with Crippen LogP contribution in [-0.4, -0.2) is 26.9 Å². The molecule has 2 amide bonds. The van der Waals surface area contributed by atoms with E-state index in [1.165, 1.54) is 6.07 Å². The maximum atomic E-state index is 12.7. The number of nitrogens with two attached hydrogens (primary N) is 2. The zero-order valence-corrected chi connectivity index (χ0v) is 33.6. The van der Waals surface area contributed by atoms with Crippen LogP contribution in [-0.2, 0) is 32.9 Å². The highest BCUT2D eigenvalue weighted by molar-refractivity contribution is 6.64. The molecule has 0 fully saturated rings. The summed E-state index contributed by atoms with van der Waals surface area (Å²) in [5.74, 6) is -0.847. The standard InChI is InChI=1S/C12H13F3N2O3.C12H15F3N2O.C7H5F3N2O2.C5H9ClO/c1-11(2,3)10(18)16-7-4-5-9(17(19)20)8(6-7)12(13,14)15;1-11(2,3)10(18)17-7-4-5-9(16)8(6-7)12(13,14)15;8-7(9,10)5-3-4(11)1-2-6(5)12(13)14;1-5(2,3)4(6)7/h4-6H,1-3H3,(H,16,18);4-6H,16H2,1-3H3,(H,17,18);1-3H,11H2;1-3H3. The van der Waals surface area contributed by atoms with Gasteiger partial charge in [0, 0.05) is 51.1 Å². The molecule has 13 nitrogen and oxygen atoms in total. The second kappa shape index (κ2) is 19.9. The van der Waals surface area contributed by atoms with Gasteiger partial charge in [0.2, 0.25) is 17.1 Å². The number of hydrogen-bond donors (Lipinski definition) is 4. The number of halogens is 10. The lowest BCUT2D eigenvalue weighted by molar-refractivity contribution is -0.388. The van der Waals surface area contributed by atoms with Gasteiger partial charge in [-0.25, -0.2) is 0 Å². The second-order valence-corrected chi connectivity index (χ2v) is 15.6. The van der Waals surface area contributed by atoms with Gasteiger partial charge in [0.05, 0.1) is 15.4 Å². The Balaban J connectivity index is 0.000000799. The molecular weight excluding hydrogens is 835 g/mol. The van der Waals surface area contributed by atoms with Crippen molar-refractivity contribution in [2.24, 2.45) is 16.2 Å². The lowest BCUT2D eigenvalue weighted by atomic mass is 9.95. The summed E-state index contributed by atoms with van der Waals surface area (Å²) in [7, 11) is 0. The highest BCUT2D eigenvalue weighted by Gasteiger charge is 2.40. The van der Waals surface area contributed by atoms with Crippen LogP contribution in [0.3, 0.4) is 0 Å². The molecule has 0 aliphatic rings. The fourth-order valence-corrected chi connectivity index (χ4v) is 3.46. The average Bonchev–Trinajstić information content (AvgIpc) is 3.03. The predicted octanol–water partition coefficient (Wildman–Crippen LogP) is 10.9. The molecule has 0 atom stereocenters. The summed E-state index contributed by atoms with van der Waals surface area (Å²) in [4.78, 5) is 52.2. The Hall–Kier alpha value is -5.67. The third-order valence-electron chi connectivity index (χ3n) is 6.85. The SMILES string of the molecule is CC(C)(C)C(=O)Cl.CC(C)(C)C(=O)Nc1ccc(N)c(C(F)(F)F)c1.CC(C)(C)C(=O)Nc1ccc([N+](=O)[O-])c(C(F)(F)F)c1.Nc1ccc([N+](=O)[O-])c(C(F)(F)F)c1. The topological polar surface area (TPSA) is 214 Å². The molecule has 6 N–H and O–H groups in total. The van der Waals surface area contributed by atoms with E-state index in [-0.39, 0.29) is 39.3 Å². The van der Waals surface area contributed by atoms with Crippen LogP contribution in [0, 0.1) is 36.5 Å². The number of hydrogen-bond acceptors (Lipinski definition) is 9. The number of nitrogens with zero attached hydrogens (tertiary/aromatic N) is 2. The van der Waals surface area contributed by atoms with Crippen molar-refractivity contribution in [3.8, 4) is 0 Å². The first-order valence-electron chi connectivity index (χ1n) is 16.5. The van der Waals surface area contributed by atoms with Crippen LogP contribution in [0.15, 0.2) is 54.6 Å². The van der Waals surface area contributed by atoms with Crippen molar-refractivity contribution >= 4 is 62.8 Å². The fraction of sp³-hybridized carbons (Fsp3) is 0.417. The molecule has 59 heavy (non-hydrogen) atoms. The maximum absolute atomic E-state index is 12.7. The minimum atomic E-state index is -4.87. The molecule has 0 heterocycles. The first-order valence-corrected chi connectivity index (χ1v) is 16.8. The molecule has 0 bridgehead atoms. The number of benzene rings is 3. The van der Waals surface area contributed by atoms with Crippen LogP contribution in [0.1, 0.15) is 79.0 Å². The van der Waals surface area contributed by atoms with Gasteiger partial charge in [-0.1, -0.05) is 62.3 Å². The fourth-order valence-electron chi connectivity index (χ4n) is 3.46. The molecular formula is C36H42ClF9N6O7. The summed E-state index contributed by atoms with van der Waals surface area (Å²) in [6.07, 6.45) is -14.2. The van der Waals surface area contributed by atoms with Crippen LogP contribution in [0.2, 0.25) is 0 Å². The minimum Gasteiger partial charge on any atom is -0.399 e. The zero-order chi connectivity index (χ0) is 46.9. The quantitative estimate of drug-likeness (QED) is 0.0644. The van der Waals surface area contributed by atoms with Crippen molar-refractivity contribution in [1.29, 1.82) is 0 Å². The molecule has 328 valence electrons. The van der Waals surface area contributed by atoms with E-state index in [2.05, 4.69) is 10.6 Å². The number of alkyl halides is 9. The van der Waals surface area contributed by atoms with Gasteiger partial charge in [-0.15, -0.1) is 0 Å². The largest absolute Gasteiger partial charge is 0.423 e. The van der Waals surface area contributed by atoms with E-state index in [9.17, 15) is 74.1 Å². The summed E-state index contributed by atoms with van der Waals surface area (Å²) >= 11 is 5.11. The van der Waals surface area contributed by atoms with Gasteiger partial charge < -0.3 is 22.1 Å². The summed E-state index contributed by atoms with van der Waals surface area (Å²) < 4.78 is 113. The number of nitrogens with one attached hydrogen (secondary N) is 2. The van der Waals surface area contributed by atoms with Crippen molar-refractivity contribution in [1.82, 2.24) is 0 Å². The van der Waals surface area contributed by atoms with Crippen molar-refractivity contribution in [2.45, 2.75) is 80.8 Å². The lowest BCUT2D eigenvalue weighted by Crippen LogP contribution is -2.27. The number of amides is 2. The van der Waals surface area contributed by atoms with E-state index in [0.717, 1.165) is 36.4 Å². The van der Waals surface area contributed by atoms with Gasteiger partial charge >= 0.3 is 18.5 Å². The third-order valence-corrected chi connectivity index (χ3v) is 7.41. The smallest absolute Gasteiger partial charge is 0.399 e. The molecule has 0 radical (unpaired) electrons. The van der Waals surface area contributed by atoms with Crippen molar-refractivity contribution in [2.75, 3.05) is 22.1 Å². The highest BCUT2D eigenvalue weighted by atomic mass is 35.5. The highest BCUT2D eigenvalue weighted by Crippen LogP contribution is 2.39. The van der Waals surface area contributed by atoms with Crippen LogP contribution in [0.5, 0.6) is 0 Å². The first-order chi connectivity index (χ1) is 26.2. The van der Waals surface area contributed by atoms with E-state index < -0.39 is 73.2 Å². The number of carbonyl (C=O) groups excluding carboxylic acids is 3. The number of nitro groups is 2.